The third kappa shape index (κ3) is 2.33. The highest BCUT2D eigenvalue weighted by Crippen LogP contribution is 2.26. The van der Waals surface area contributed by atoms with Crippen molar-refractivity contribution in [2.45, 2.75) is 32.7 Å². The Hall–Kier alpha value is -1.56. The van der Waals surface area contributed by atoms with Crippen LogP contribution in [0.1, 0.15) is 42.1 Å². The number of imidazole rings is 1. The summed E-state index contributed by atoms with van der Waals surface area (Å²) in [6, 6.07) is 0.162. The topological polar surface area (TPSA) is 79.4 Å². The van der Waals surface area contributed by atoms with E-state index in [2.05, 4.69) is 4.98 Å². The minimum absolute atomic E-state index is 0.162. The lowest BCUT2D eigenvalue weighted by Gasteiger charge is -2.25. The molecule has 1 aromatic rings. The van der Waals surface area contributed by atoms with Crippen LogP contribution in [0.5, 0.6) is 0 Å². The maximum Gasteiger partial charge on any atom is 0.360 e. The van der Waals surface area contributed by atoms with E-state index in [1.165, 1.54) is 0 Å². The maximum absolute atomic E-state index is 11.7. The highest BCUT2D eigenvalue weighted by Gasteiger charge is 2.25. The van der Waals surface area contributed by atoms with E-state index < -0.39 is 5.97 Å². The molecular formula is C12H19N3O3. The van der Waals surface area contributed by atoms with Crippen LogP contribution in [0.3, 0.4) is 0 Å². The second-order valence-electron chi connectivity index (χ2n) is 4.35. The van der Waals surface area contributed by atoms with Gasteiger partial charge in [0.2, 0.25) is 0 Å². The van der Waals surface area contributed by atoms with Crippen molar-refractivity contribution in [1.29, 1.82) is 0 Å². The molecule has 0 amide bonds. The van der Waals surface area contributed by atoms with Gasteiger partial charge in [-0.2, -0.15) is 0 Å². The minimum atomic E-state index is -0.464. The van der Waals surface area contributed by atoms with Crippen molar-refractivity contribution in [2.24, 2.45) is 0 Å². The summed E-state index contributed by atoms with van der Waals surface area (Å²) < 4.78 is 12.3. The summed E-state index contributed by atoms with van der Waals surface area (Å²) >= 11 is 0. The highest BCUT2D eigenvalue weighted by molar-refractivity contribution is 5.92. The number of nitrogen functional groups attached to an aromatic ring is 1. The molecule has 0 bridgehead atoms. The zero-order valence-corrected chi connectivity index (χ0v) is 10.8. The van der Waals surface area contributed by atoms with E-state index in [1.54, 1.807) is 6.92 Å². The van der Waals surface area contributed by atoms with E-state index in [-0.39, 0.29) is 11.7 Å². The van der Waals surface area contributed by atoms with Gasteiger partial charge < -0.3 is 19.8 Å². The molecule has 18 heavy (non-hydrogen) atoms. The number of rotatable bonds is 3. The molecule has 1 aromatic heterocycles. The van der Waals surface area contributed by atoms with Crippen LogP contribution in [0.2, 0.25) is 0 Å². The van der Waals surface area contributed by atoms with Crippen molar-refractivity contribution < 1.29 is 14.3 Å². The predicted molar refractivity (Wildman–Crippen MR) is 66.4 cm³/mol. The normalized spacial score (nSPS) is 19.8. The Bertz CT molecular complexity index is 436. The summed E-state index contributed by atoms with van der Waals surface area (Å²) in [6.07, 6.45) is 1.99. The van der Waals surface area contributed by atoms with Gasteiger partial charge in [0, 0.05) is 6.61 Å². The van der Waals surface area contributed by atoms with Crippen molar-refractivity contribution >= 4 is 11.8 Å². The third-order valence-electron chi connectivity index (χ3n) is 3.09. The zero-order chi connectivity index (χ0) is 13.1. The van der Waals surface area contributed by atoms with Gasteiger partial charge in [0.25, 0.3) is 0 Å². The first-order valence-corrected chi connectivity index (χ1v) is 6.24. The number of hydrogen-bond acceptors (Lipinski definition) is 5. The van der Waals surface area contributed by atoms with Crippen LogP contribution in [0.15, 0.2) is 0 Å². The van der Waals surface area contributed by atoms with Crippen molar-refractivity contribution in [3.8, 4) is 0 Å². The van der Waals surface area contributed by atoms with Gasteiger partial charge in [0.05, 0.1) is 19.3 Å². The smallest absolute Gasteiger partial charge is 0.360 e. The molecule has 6 heteroatoms. The molecule has 0 aromatic carbocycles. The van der Waals surface area contributed by atoms with E-state index in [9.17, 15) is 4.79 Å². The number of aromatic nitrogens is 2. The van der Waals surface area contributed by atoms with Crippen molar-refractivity contribution in [3.63, 3.8) is 0 Å². The Morgan fingerprint density at radius 2 is 2.44 bits per heavy atom. The molecule has 6 nitrogen and oxygen atoms in total. The lowest BCUT2D eigenvalue weighted by molar-refractivity contribution is 0.0519. The summed E-state index contributed by atoms with van der Waals surface area (Å²) in [5, 5.41) is 0. The molecule has 1 fully saturated rings. The highest BCUT2D eigenvalue weighted by atomic mass is 16.5. The van der Waals surface area contributed by atoms with Crippen LogP contribution in [-0.4, -0.2) is 35.3 Å². The lowest BCUT2D eigenvalue weighted by atomic mass is 10.1. The first kappa shape index (κ1) is 12.9. The monoisotopic (exact) mass is 253 g/mol. The Morgan fingerprint density at radius 1 is 1.67 bits per heavy atom. The summed E-state index contributed by atoms with van der Waals surface area (Å²) in [5.41, 5.74) is 6.22. The van der Waals surface area contributed by atoms with Gasteiger partial charge in [-0.1, -0.05) is 0 Å². The Morgan fingerprint density at radius 3 is 3.06 bits per heavy atom. The number of carbonyl (C=O) groups excluding carboxylic acids is 1. The van der Waals surface area contributed by atoms with Crippen LogP contribution in [0.25, 0.3) is 0 Å². The average Bonchev–Trinajstić information content (AvgIpc) is 2.66. The second-order valence-corrected chi connectivity index (χ2v) is 4.35. The Balaban J connectivity index is 2.28. The number of nitrogens with zero attached hydrogens (tertiary/aromatic N) is 2. The van der Waals surface area contributed by atoms with E-state index in [1.807, 2.05) is 11.5 Å². The number of esters is 1. The third-order valence-corrected chi connectivity index (χ3v) is 3.09. The van der Waals surface area contributed by atoms with E-state index in [0.717, 1.165) is 25.3 Å². The fourth-order valence-corrected chi connectivity index (χ4v) is 2.30. The lowest BCUT2D eigenvalue weighted by Crippen LogP contribution is -2.23. The van der Waals surface area contributed by atoms with Crippen molar-refractivity contribution in [2.75, 3.05) is 25.6 Å². The van der Waals surface area contributed by atoms with Gasteiger partial charge >= 0.3 is 5.97 Å². The number of aryl methyl sites for hydroxylation is 1. The number of anilines is 1. The van der Waals surface area contributed by atoms with Gasteiger partial charge in [-0.3, -0.25) is 0 Å². The molecule has 1 unspecified atom stereocenters. The van der Waals surface area contributed by atoms with E-state index >= 15 is 0 Å². The fraction of sp³-hybridized carbons (Fsp3) is 0.667. The quantitative estimate of drug-likeness (QED) is 0.821. The van der Waals surface area contributed by atoms with E-state index in [0.29, 0.717) is 19.0 Å². The second kappa shape index (κ2) is 5.39. The first-order valence-electron chi connectivity index (χ1n) is 6.24. The van der Waals surface area contributed by atoms with Crippen LogP contribution in [0.4, 0.5) is 5.82 Å². The summed E-state index contributed by atoms with van der Waals surface area (Å²) in [5.74, 6) is 0.640. The summed E-state index contributed by atoms with van der Waals surface area (Å²) in [4.78, 5) is 15.9. The number of carbonyl (C=O) groups is 1. The van der Waals surface area contributed by atoms with Gasteiger partial charge in [0.15, 0.2) is 5.69 Å². The van der Waals surface area contributed by atoms with Gasteiger partial charge in [-0.05, 0) is 26.7 Å². The largest absolute Gasteiger partial charge is 0.461 e. The molecule has 1 aliphatic rings. The Labute approximate surface area is 106 Å². The summed E-state index contributed by atoms with van der Waals surface area (Å²) in [6.45, 7) is 5.32. The van der Waals surface area contributed by atoms with Crippen LogP contribution >= 0.6 is 0 Å². The van der Waals surface area contributed by atoms with Crippen LogP contribution < -0.4 is 5.73 Å². The van der Waals surface area contributed by atoms with E-state index in [4.69, 9.17) is 15.2 Å². The Kier molecular flexibility index (Phi) is 3.86. The molecule has 2 heterocycles. The fourth-order valence-electron chi connectivity index (χ4n) is 2.30. The molecule has 1 atom stereocenters. The van der Waals surface area contributed by atoms with Crippen LogP contribution in [-0.2, 0) is 9.47 Å². The molecule has 2 N–H and O–H groups in total. The molecule has 100 valence electrons. The van der Waals surface area contributed by atoms with Crippen LogP contribution in [0, 0.1) is 6.92 Å². The maximum atomic E-state index is 11.7. The SMILES string of the molecule is CCOC(=O)c1nc(C)n(C2CCCOC2)c1N. The molecule has 0 spiro atoms. The summed E-state index contributed by atoms with van der Waals surface area (Å²) in [7, 11) is 0. The van der Waals surface area contributed by atoms with Gasteiger partial charge in [-0.25, -0.2) is 9.78 Å². The zero-order valence-electron chi connectivity index (χ0n) is 10.8. The molecular weight excluding hydrogens is 234 g/mol. The number of nitrogens with two attached hydrogens (primary N) is 1. The van der Waals surface area contributed by atoms with Gasteiger partial charge in [0.1, 0.15) is 11.6 Å². The van der Waals surface area contributed by atoms with Crippen molar-refractivity contribution in [1.82, 2.24) is 9.55 Å². The molecule has 2 rings (SSSR count). The molecule has 0 aliphatic carbocycles. The molecule has 1 aliphatic heterocycles. The number of hydrogen-bond donors (Lipinski definition) is 1. The van der Waals surface area contributed by atoms with Gasteiger partial charge in [-0.15, -0.1) is 0 Å². The predicted octanol–water partition coefficient (Wildman–Crippen LogP) is 1.30. The number of ether oxygens (including phenoxy) is 2. The minimum Gasteiger partial charge on any atom is -0.461 e. The molecule has 0 radical (unpaired) electrons. The average molecular weight is 253 g/mol. The molecule has 0 saturated carbocycles. The van der Waals surface area contributed by atoms with Crippen molar-refractivity contribution in [3.05, 3.63) is 11.5 Å². The first-order chi connectivity index (χ1) is 8.65. The molecule has 1 saturated heterocycles. The standard InChI is InChI=1S/C12H19N3O3/c1-3-18-12(16)10-11(13)15(8(2)14-10)9-5-4-6-17-7-9/h9H,3-7,13H2,1-2H3.